The number of hydrogen-bond donors (Lipinski definition) is 0. The van der Waals surface area contributed by atoms with Crippen LogP contribution >= 0.6 is 0 Å². The monoisotopic (exact) mass is 496 g/mol. The second kappa shape index (κ2) is 8.16. The molecule has 1 aliphatic rings. The van der Waals surface area contributed by atoms with Gasteiger partial charge in [0, 0.05) is 5.41 Å². The molecular formula is C39H28. The van der Waals surface area contributed by atoms with Crippen molar-refractivity contribution in [3.05, 3.63) is 145 Å². The van der Waals surface area contributed by atoms with E-state index in [9.17, 15) is 0 Å². The molecule has 0 aromatic heterocycles. The van der Waals surface area contributed by atoms with Gasteiger partial charge >= 0.3 is 0 Å². The third-order valence-corrected chi connectivity index (χ3v) is 8.84. The van der Waals surface area contributed by atoms with E-state index in [1.54, 1.807) is 0 Å². The summed E-state index contributed by atoms with van der Waals surface area (Å²) in [5.74, 6) is 0. The van der Waals surface area contributed by atoms with Crippen LogP contribution in [0.1, 0.15) is 25.0 Å². The molecule has 39 heavy (non-hydrogen) atoms. The van der Waals surface area contributed by atoms with Gasteiger partial charge in [-0.05, 0) is 89.0 Å². The Hall–Kier alpha value is -4.68. The summed E-state index contributed by atoms with van der Waals surface area (Å²) in [5.41, 5.74) is 10.7. The summed E-state index contributed by atoms with van der Waals surface area (Å²) in [6.45, 7) is 4.72. The normalized spacial score (nSPS) is 13.6. The molecule has 0 fully saturated rings. The van der Waals surface area contributed by atoms with E-state index >= 15 is 0 Å². The van der Waals surface area contributed by atoms with Crippen molar-refractivity contribution in [2.24, 2.45) is 0 Å². The number of benzene rings is 7. The Morgan fingerprint density at radius 2 is 0.872 bits per heavy atom. The molecule has 8 rings (SSSR count). The van der Waals surface area contributed by atoms with Crippen LogP contribution in [0.25, 0.3) is 65.7 Å². The Kier molecular flexibility index (Phi) is 4.67. The maximum absolute atomic E-state index is 2.46. The highest BCUT2D eigenvalue weighted by molar-refractivity contribution is 6.21. The largest absolute Gasteiger partial charge is 0.0619 e. The molecule has 0 radical (unpaired) electrons. The fourth-order valence-electron chi connectivity index (χ4n) is 6.96. The quantitative estimate of drug-likeness (QED) is 0.209. The number of rotatable bonds is 2. The van der Waals surface area contributed by atoms with E-state index in [0.717, 1.165) is 0 Å². The van der Waals surface area contributed by atoms with Gasteiger partial charge in [0.1, 0.15) is 0 Å². The number of hydrogen-bond acceptors (Lipinski definition) is 0. The minimum Gasteiger partial charge on any atom is -0.0619 e. The van der Waals surface area contributed by atoms with Crippen LogP contribution in [-0.2, 0) is 5.41 Å². The SMILES string of the molecule is CC1(C)c2ccccc2-c2ccc(-c3c4ccccc4c(-c4ccc5ccccc5c4)c4ccccc34)cc21. The van der Waals surface area contributed by atoms with Gasteiger partial charge in [0.15, 0.2) is 0 Å². The van der Waals surface area contributed by atoms with Crippen molar-refractivity contribution in [2.75, 3.05) is 0 Å². The molecule has 0 heterocycles. The van der Waals surface area contributed by atoms with Crippen LogP contribution in [-0.4, -0.2) is 0 Å². The topological polar surface area (TPSA) is 0 Å². The summed E-state index contributed by atoms with van der Waals surface area (Å²) >= 11 is 0. The molecule has 0 atom stereocenters. The molecule has 7 aromatic rings. The molecular weight excluding hydrogens is 468 g/mol. The van der Waals surface area contributed by atoms with Crippen molar-refractivity contribution in [3.63, 3.8) is 0 Å². The standard InChI is InChI=1S/C39H28/c1-39(2)35-18-10-9-13-29(35)30-22-21-28(24-36(30)39)38-33-16-7-5-14-31(33)37(32-15-6-8-17-34(32)38)27-20-19-25-11-3-4-12-26(25)23-27/h3-24H,1-2H3. The predicted octanol–water partition coefficient (Wildman–Crippen LogP) is 10.8. The van der Waals surface area contributed by atoms with Crippen LogP contribution in [0.5, 0.6) is 0 Å². The zero-order chi connectivity index (χ0) is 26.1. The van der Waals surface area contributed by atoms with Crippen LogP contribution in [0.2, 0.25) is 0 Å². The molecule has 0 bridgehead atoms. The molecule has 184 valence electrons. The first-order valence-electron chi connectivity index (χ1n) is 13.8. The van der Waals surface area contributed by atoms with Crippen LogP contribution in [0.15, 0.2) is 133 Å². The van der Waals surface area contributed by atoms with Gasteiger partial charge in [0.05, 0.1) is 0 Å². The predicted molar refractivity (Wildman–Crippen MR) is 167 cm³/mol. The van der Waals surface area contributed by atoms with Gasteiger partial charge in [0.25, 0.3) is 0 Å². The first-order valence-corrected chi connectivity index (χ1v) is 13.8. The lowest BCUT2D eigenvalue weighted by molar-refractivity contribution is 0.660. The lowest BCUT2D eigenvalue weighted by atomic mass is 9.80. The van der Waals surface area contributed by atoms with Crippen molar-refractivity contribution in [1.82, 2.24) is 0 Å². The van der Waals surface area contributed by atoms with E-state index in [2.05, 4.69) is 147 Å². The molecule has 0 N–H and O–H groups in total. The molecule has 0 saturated carbocycles. The Morgan fingerprint density at radius 3 is 1.54 bits per heavy atom. The summed E-state index contributed by atoms with van der Waals surface area (Å²) in [4.78, 5) is 0. The molecule has 0 nitrogen and oxygen atoms in total. The zero-order valence-corrected chi connectivity index (χ0v) is 22.2. The Bertz CT molecular complexity index is 2030. The second-order valence-electron chi connectivity index (χ2n) is 11.3. The zero-order valence-electron chi connectivity index (χ0n) is 22.2. The van der Waals surface area contributed by atoms with Crippen molar-refractivity contribution in [2.45, 2.75) is 19.3 Å². The van der Waals surface area contributed by atoms with Crippen molar-refractivity contribution >= 4 is 32.3 Å². The lowest BCUT2D eigenvalue weighted by Gasteiger charge is -2.23. The molecule has 0 aliphatic heterocycles. The molecule has 0 spiro atoms. The van der Waals surface area contributed by atoms with Gasteiger partial charge in [0.2, 0.25) is 0 Å². The van der Waals surface area contributed by atoms with Gasteiger partial charge in [-0.1, -0.05) is 135 Å². The van der Waals surface area contributed by atoms with E-state index in [4.69, 9.17) is 0 Å². The summed E-state index contributed by atoms with van der Waals surface area (Å²) in [7, 11) is 0. The van der Waals surface area contributed by atoms with Crippen molar-refractivity contribution in [3.8, 4) is 33.4 Å². The van der Waals surface area contributed by atoms with Crippen LogP contribution < -0.4 is 0 Å². The van der Waals surface area contributed by atoms with Gasteiger partial charge < -0.3 is 0 Å². The summed E-state index contributed by atoms with van der Waals surface area (Å²) in [6.07, 6.45) is 0. The molecule has 0 heteroatoms. The average molecular weight is 497 g/mol. The van der Waals surface area contributed by atoms with Gasteiger partial charge in [-0.15, -0.1) is 0 Å². The molecule has 0 saturated heterocycles. The van der Waals surface area contributed by atoms with E-state index in [1.165, 1.54) is 76.8 Å². The minimum absolute atomic E-state index is 0.0292. The highest BCUT2D eigenvalue weighted by Gasteiger charge is 2.35. The summed E-state index contributed by atoms with van der Waals surface area (Å²) in [5, 5.41) is 7.73. The Balaban J connectivity index is 1.44. The van der Waals surface area contributed by atoms with E-state index in [1.807, 2.05) is 0 Å². The van der Waals surface area contributed by atoms with Gasteiger partial charge in [-0.3, -0.25) is 0 Å². The first kappa shape index (κ1) is 22.3. The average Bonchev–Trinajstić information content (AvgIpc) is 3.21. The minimum atomic E-state index is -0.0292. The summed E-state index contributed by atoms with van der Waals surface area (Å²) < 4.78 is 0. The summed E-state index contributed by atoms with van der Waals surface area (Å²) in [6, 6.07) is 49.4. The molecule has 7 aromatic carbocycles. The first-order chi connectivity index (χ1) is 19.1. The van der Waals surface area contributed by atoms with Crippen LogP contribution in [0, 0.1) is 0 Å². The van der Waals surface area contributed by atoms with E-state index in [0.29, 0.717) is 0 Å². The van der Waals surface area contributed by atoms with E-state index < -0.39 is 0 Å². The highest BCUT2D eigenvalue weighted by atomic mass is 14.4. The lowest BCUT2D eigenvalue weighted by Crippen LogP contribution is -2.14. The molecule has 0 unspecified atom stereocenters. The second-order valence-corrected chi connectivity index (χ2v) is 11.3. The Labute approximate surface area is 229 Å². The van der Waals surface area contributed by atoms with Gasteiger partial charge in [-0.2, -0.15) is 0 Å². The maximum atomic E-state index is 2.46. The van der Waals surface area contributed by atoms with Crippen LogP contribution in [0.3, 0.4) is 0 Å². The van der Waals surface area contributed by atoms with Crippen LogP contribution in [0.4, 0.5) is 0 Å². The smallest absolute Gasteiger partial charge is 0.0159 e. The van der Waals surface area contributed by atoms with Crippen molar-refractivity contribution < 1.29 is 0 Å². The fourth-order valence-corrected chi connectivity index (χ4v) is 6.96. The van der Waals surface area contributed by atoms with E-state index in [-0.39, 0.29) is 5.41 Å². The fraction of sp³-hybridized carbons (Fsp3) is 0.0769. The van der Waals surface area contributed by atoms with Gasteiger partial charge in [-0.25, -0.2) is 0 Å². The number of fused-ring (bicyclic) bond motifs is 6. The Morgan fingerprint density at radius 1 is 0.385 bits per heavy atom. The molecule has 0 amide bonds. The maximum Gasteiger partial charge on any atom is 0.0159 e. The highest BCUT2D eigenvalue weighted by Crippen LogP contribution is 2.51. The third kappa shape index (κ3) is 3.18. The third-order valence-electron chi connectivity index (χ3n) is 8.84. The molecule has 1 aliphatic carbocycles. The van der Waals surface area contributed by atoms with Crippen molar-refractivity contribution in [1.29, 1.82) is 0 Å².